The normalized spacial score (nSPS) is 18.3. The van der Waals surface area contributed by atoms with Crippen LogP contribution in [0.15, 0.2) is 60.7 Å². The number of piperidine rings is 2. The van der Waals surface area contributed by atoms with Crippen molar-refractivity contribution in [2.24, 2.45) is 0 Å². The molecule has 6 nitrogen and oxygen atoms in total. The molecule has 230 valence electrons. The topological polar surface area (TPSA) is 47.1 Å². The van der Waals surface area contributed by atoms with Crippen LogP contribution < -0.4 is 0 Å². The van der Waals surface area contributed by atoms with E-state index in [0.717, 1.165) is 68.3 Å². The molecule has 0 spiro atoms. The molecule has 2 aliphatic heterocycles. The van der Waals surface area contributed by atoms with Gasteiger partial charge in [-0.25, -0.2) is 0 Å². The molecule has 43 heavy (non-hydrogen) atoms. The lowest BCUT2D eigenvalue weighted by atomic mass is 9.82. The van der Waals surface area contributed by atoms with Crippen LogP contribution in [0.25, 0.3) is 10.8 Å². The maximum Gasteiger partial charge on any atom is 0.253 e. The van der Waals surface area contributed by atoms with Gasteiger partial charge in [-0.3, -0.25) is 14.5 Å². The summed E-state index contributed by atoms with van der Waals surface area (Å²) >= 11 is 12.7. The van der Waals surface area contributed by atoms with Gasteiger partial charge in [0.2, 0.25) is 5.91 Å². The Hall–Kier alpha value is -2.64. The Labute approximate surface area is 266 Å². The van der Waals surface area contributed by atoms with Gasteiger partial charge in [-0.1, -0.05) is 66.0 Å². The zero-order chi connectivity index (χ0) is 30.6. The maximum atomic E-state index is 13.6. The molecule has 5 rings (SSSR count). The molecule has 0 saturated carbocycles. The van der Waals surface area contributed by atoms with Crippen LogP contribution in [-0.4, -0.2) is 97.4 Å². The Kier molecular flexibility index (Phi) is 10.3. The first kappa shape index (κ1) is 31.8. The number of likely N-dealkylation sites (N-methyl/N-ethyl adjacent to an activating group) is 2. The molecule has 2 aliphatic rings. The van der Waals surface area contributed by atoms with Crippen LogP contribution in [0.4, 0.5) is 0 Å². The summed E-state index contributed by atoms with van der Waals surface area (Å²) in [6, 6.07) is 19.8. The zero-order valence-corrected chi connectivity index (χ0v) is 27.2. The van der Waals surface area contributed by atoms with Crippen LogP contribution in [0.3, 0.4) is 0 Å². The van der Waals surface area contributed by atoms with E-state index in [1.807, 2.05) is 80.6 Å². The Balaban J connectivity index is 1.28. The summed E-state index contributed by atoms with van der Waals surface area (Å²) in [7, 11) is 5.65. The van der Waals surface area contributed by atoms with Crippen LogP contribution in [-0.2, 0) is 4.79 Å². The minimum atomic E-state index is -0.393. The number of hydrogen-bond acceptors (Lipinski definition) is 4. The molecular weight excluding hydrogens is 579 g/mol. The van der Waals surface area contributed by atoms with Gasteiger partial charge >= 0.3 is 0 Å². The van der Waals surface area contributed by atoms with E-state index >= 15 is 0 Å². The summed E-state index contributed by atoms with van der Waals surface area (Å²) in [5.41, 5.74) is 1.37. The van der Waals surface area contributed by atoms with Crippen LogP contribution in [0.2, 0.25) is 10.0 Å². The van der Waals surface area contributed by atoms with E-state index in [2.05, 4.69) is 15.9 Å². The summed E-state index contributed by atoms with van der Waals surface area (Å²) in [6.45, 7) is 5.24. The monoisotopic (exact) mass is 622 g/mol. The molecule has 3 aromatic rings. The number of amides is 2. The summed E-state index contributed by atoms with van der Waals surface area (Å²) in [5, 5.41) is 3.23. The molecule has 0 aliphatic carbocycles. The fourth-order valence-electron chi connectivity index (χ4n) is 6.97. The highest BCUT2D eigenvalue weighted by Gasteiger charge is 2.47. The van der Waals surface area contributed by atoms with E-state index in [-0.39, 0.29) is 17.7 Å². The van der Waals surface area contributed by atoms with Crippen molar-refractivity contribution in [2.75, 3.05) is 60.4 Å². The van der Waals surface area contributed by atoms with Crippen molar-refractivity contribution in [1.29, 1.82) is 0 Å². The number of carbonyl (C=O) groups is 2. The predicted molar refractivity (Wildman–Crippen MR) is 177 cm³/mol. The molecule has 2 heterocycles. The van der Waals surface area contributed by atoms with Crippen molar-refractivity contribution in [3.8, 4) is 0 Å². The van der Waals surface area contributed by atoms with Crippen molar-refractivity contribution < 1.29 is 9.59 Å². The van der Waals surface area contributed by atoms with Crippen molar-refractivity contribution in [3.63, 3.8) is 0 Å². The van der Waals surface area contributed by atoms with Gasteiger partial charge in [-0.15, -0.1) is 0 Å². The maximum absolute atomic E-state index is 13.6. The van der Waals surface area contributed by atoms with E-state index < -0.39 is 5.54 Å². The number of nitrogens with zero attached hydrogens (tertiary/aromatic N) is 4. The number of rotatable bonds is 9. The third kappa shape index (κ3) is 7.20. The van der Waals surface area contributed by atoms with Gasteiger partial charge in [0.1, 0.15) is 5.54 Å². The Morgan fingerprint density at radius 1 is 0.837 bits per heavy atom. The van der Waals surface area contributed by atoms with E-state index in [9.17, 15) is 9.59 Å². The Morgan fingerprint density at radius 3 is 2.21 bits per heavy atom. The lowest BCUT2D eigenvalue weighted by Crippen LogP contribution is -2.64. The Bertz CT molecular complexity index is 1430. The second kappa shape index (κ2) is 14.0. The van der Waals surface area contributed by atoms with Crippen LogP contribution in [0.5, 0.6) is 0 Å². The number of halogens is 2. The van der Waals surface area contributed by atoms with Crippen LogP contribution in [0, 0.1) is 0 Å². The first-order valence-electron chi connectivity index (χ1n) is 15.6. The smallest absolute Gasteiger partial charge is 0.253 e. The van der Waals surface area contributed by atoms with Crippen molar-refractivity contribution >= 4 is 45.8 Å². The highest BCUT2D eigenvalue weighted by molar-refractivity contribution is 6.42. The van der Waals surface area contributed by atoms with Gasteiger partial charge in [-0.05, 0) is 92.3 Å². The van der Waals surface area contributed by atoms with Gasteiger partial charge in [0.15, 0.2) is 0 Å². The van der Waals surface area contributed by atoms with Gasteiger partial charge in [0.25, 0.3) is 5.91 Å². The molecular formula is C35H44Cl2N4O2. The minimum absolute atomic E-state index is 0.00213. The fraction of sp³-hybridized carbons (Fsp3) is 0.486. The number of benzene rings is 3. The molecule has 2 fully saturated rings. The average Bonchev–Trinajstić information content (AvgIpc) is 3.04. The van der Waals surface area contributed by atoms with Gasteiger partial charge in [0, 0.05) is 52.3 Å². The standard InChI is InChI=1S/C35H44Cl2N4O2/c1-38(2)34(43)35(41-18-7-4-8-19-41)16-21-40(22-17-35)20-15-30(28-13-14-31(36)32(37)24-28)25-39(3)33(42)29-12-11-26-9-5-6-10-27(26)23-29/h5-6,9-14,23-24,30H,4,7-8,15-22,25H2,1-3H3. The second-order valence-electron chi connectivity index (χ2n) is 12.5. The summed E-state index contributed by atoms with van der Waals surface area (Å²) < 4.78 is 0. The SMILES string of the molecule is CN(C)C(=O)C1(N2CCCCC2)CCN(CCC(CN(C)C(=O)c2ccc3ccccc3c2)c2ccc(Cl)c(Cl)c2)CC1. The molecule has 2 saturated heterocycles. The second-order valence-corrected chi connectivity index (χ2v) is 13.3. The Morgan fingerprint density at radius 2 is 1.53 bits per heavy atom. The molecule has 3 aromatic carbocycles. The lowest BCUT2D eigenvalue weighted by molar-refractivity contribution is -0.147. The van der Waals surface area contributed by atoms with Crippen LogP contribution in [0.1, 0.15) is 60.4 Å². The highest BCUT2D eigenvalue weighted by atomic mass is 35.5. The van der Waals surface area contributed by atoms with E-state index in [4.69, 9.17) is 23.2 Å². The largest absolute Gasteiger partial charge is 0.347 e. The first-order valence-corrected chi connectivity index (χ1v) is 16.3. The third-order valence-corrected chi connectivity index (χ3v) is 10.2. The molecule has 2 amide bonds. The van der Waals surface area contributed by atoms with Gasteiger partial charge in [0.05, 0.1) is 10.0 Å². The molecule has 1 unspecified atom stereocenters. The molecule has 0 bridgehead atoms. The molecule has 0 N–H and O–H groups in total. The fourth-order valence-corrected chi connectivity index (χ4v) is 7.28. The minimum Gasteiger partial charge on any atom is -0.347 e. The predicted octanol–water partition coefficient (Wildman–Crippen LogP) is 6.80. The molecule has 8 heteroatoms. The summed E-state index contributed by atoms with van der Waals surface area (Å²) in [6.07, 6.45) is 6.16. The average molecular weight is 624 g/mol. The quantitative estimate of drug-likeness (QED) is 0.263. The zero-order valence-electron chi connectivity index (χ0n) is 25.7. The number of carbonyl (C=O) groups excluding carboxylic acids is 2. The molecule has 1 atom stereocenters. The summed E-state index contributed by atoms with van der Waals surface area (Å²) in [5.74, 6) is 0.334. The molecule has 0 aromatic heterocycles. The lowest BCUT2D eigenvalue weighted by Gasteiger charge is -2.50. The number of hydrogen-bond donors (Lipinski definition) is 0. The van der Waals surface area contributed by atoms with Crippen molar-refractivity contribution in [2.45, 2.75) is 50.0 Å². The number of likely N-dealkylation sites (tertiary alicyclic amines) is 2. The third-order valence-electron chi connectivity index (χ3n) is 9.50. The first-order chi connectivity index (χ1) is 20.7. The van der Waals surface area contributed by atoms with Crippen molar-refractivity contribution in [1.82, 2.24) is 19.6 Å². The van der Waals surface area contributed by atoms with E-state index in [1.54, 1.807) is 4.90 Å². The van der Waals surface area contributed by atoms with Gasteiger partial charge in [-0.2, -0.15) is 0 Å². The highest BCUT2D eigenvalue weighted by Crippen LogP contribution is 2.34. The van der Waals surface area contributed by atoms with E-state index in [1.165, 1.54) is 19.3 Å². The molecule has 0 radical (unpaired) electrons. The number of fused-ring (bicyclic) bond motifs is 1. The van der Waals surface area contributed by atoms with Crippen LogP contribution >= 0.6 is 23.2 Å². The van der Waals surface area contributed by atoms with Crippen molar-refractivity contribution in [3.05, 3.63) is 81.8 Å². The summed E-state index contributed by atoms with van der Waals surface area (Å²) in [4.78, 5) is 35.6. The van der Waals surface area contributed by atoms with E-state index in [0.29, 0.717) is 22.2 Å². The van der Waals surface area contributed by atoms with Gasteiger partial charge < -0.3 is 14.7 Å².